The van der Waals surface area contributed by atoms with E-state index in [1.54, 1.807) is 25.7 Å². The Morgan fingerprint density at radius 1 is 0.966 bits per heavy atom. The minimum Gasteiger partial charge on any atom is -0.444 e. The monoisotopic (exact) mass is 413 g/mol. The third-order valence-electron chi connectivity index (χ3n) is 4.25. The largest absolute Gasteiger partial charge is 0.444 e. The zero-order valence-corrected chi connectivity index (χ0v) is 17.9. The molecule has 3 heterocycles. The van der Waals surface area contributed by atoms with Crippen molar-refractivity contribution >= 4 is 12.2 Å². The van der Waals surface area contributed by atoms with Gasteiger partial charge in [0.05, 0.1) is 31.8 Å². The summed E-state index contributed by atoms with van der Waals surface area (Å²) in [6.45, 7) is 12.6. The Morgan fingerprint density at radius 3 is 1.83 bits per heavy atom. The van der Waals surface area contributed by atoms with Crippen molar-refractivity contribution in [1.82, 2.24) is 9.80 Å². The van der Waals surface area contributed by atoms with Crippen LogP contribution in [0.5, 0.6) is 0 Å². The van der Waals surface area contributed by atoms with Crippen molar-refractivity contribution in [3.63, 3.8) is 0 Å². The summed E-state index contributed by atoms with van der Waals surface area (Å²) in [4.78, 5) is 28.8. The van der Waals surface area contributed by atoms with Gasteiger partial charge in [0.15, 0.2) is 0 Å². The van der Waals surface area contributed by atoms with Crippen LogP contribution in [0, 0.1) is 0 Å². The number of azide groups is 1. The summed E-state index contributed by atoms with van der Waals surface area (Å²) in [6.07, 6.45) is -0.964. The molecule has 1 N–H and O–H groups in total. The van der Waals surface area contributed by atoms with E-state index in [0.717, 1.165) is 0 Å². The van der Waals surface area contributed by atoms with Gasteiger partial charge in [-0.2, -0.15) is 0 Å². The molecule has 3 aliphatic rings. The number of morpholine rings is 1. The molecule has 0 spiro atoms. The van der Waals surface area contributed by atoms with E-state index >= 15 is 0 Å². The van der Waals surface area contributed by atoms with E-state index in [1.165, 1.54) is 4.90 Å². The van der Waals surface area contributed by atoms with Crippen molar-refractivity contribution in [3.05, 3.63) is 10.4 Å². The lowest BCUT2D eigenvalue weighted by Gasteiger charge is -2.24. The first kappa shape index (κ1) is 23.1. The molecule has 0 aromatic carbocycles. The molecule has 3 aliphatic heterocycles. The van der Waals surface area contributed by atoms with Crippen molar-refractivity contribution in [2.75, 3.05) is 26.2 Å². The smallest absolute Gasteiger partial charge is 0.410 e. The Kier molecular flexibility index (Phi) is 6.87. The minimum absolute atomic E-state index is 0.137. The van der Waals surface area contributed by atoms with E-state index < -0.39 is 29.4 Å². The molecule has 3 rings (SSSR count). The summed E-state index contributed by atoms with van der Waals surface area (Å²) in [5.41, 5.74) is 7.30. The van der Waals surface area contributed by atoms with Crippen molar-refractivity contribution in [1.29, 1.82) is 0 Å². The van der Waals surface area contributed by atoms with Gasteiger partial charge in [-0.1, -0.05) is 5.11 Å². The SMILES string of the molecule is CC(C)(C)OC(=O)N1CC2OC2C1.CC(C)(C)OC(=O)N1C[C@H](N=[N+]=[N-])[C@@H](O)C1. The molecule has 2 amide bonds. The Morgan fingerprint density at radius 2 is 1.41 bits per heavy atom. The highest BCUT2D eigenvalue weighted by atomic mass is 16.6. The van der Waals surface area contributed by atoms with Gasteiger partial charge in [0.2, 0.25) is 0 Å². The number of likely N-dealkylation sites (tertiary alicyclic amines) is 2. The van der Waals surface area contributed by atoms with Gasteiger partial charge < -0.3 is 29.1 Å². The predicted octanol–water partition coefficient (Wildman–Crippen LogP) is 2.28. The fraction of sp³-hybridized carbons (Fsp3) is 0.889. The van der Waals surface area contributed by atoms with E-state index in [4.69, 9.17) is 19.7 Å². The van der Waals surface area contributed by atoms with E-state index in [0.29, 0.717) is 13.1 Å². The second kappa shape index (κ2) is 8.64. The van der Waals surface area contributed by atoms with Gasteiger partial charge in [-0.3, -0.25) is 0 Å². The van der Waals surface area contributed by atoms with Gasteiger partial charge in [-0.15, -0.1) is 0 Å². The summed E-state index contributed by atoms with van der Waals surface area (Å²) in [5.74, 6) is 0. The summed E-state index contributed by atoms with van der Waals surface area (Å²) >= 11 is 0. The predicted molar refractivity (Wildman–Crippen MR) is 103 cm³/mol. The zero-order valence-electron chi connectivity index (χ0n) is 17.9. The number of aliphatic hydroxyl groups excluding tert-OH is 1. The number of amides is 2. The van der Waals surface area contributed by atoms with Crippen LogP contribution >= 0.6 is 0 Å². The third-order valence-corrected chi connectivity index (χ3v) is 4.25. The summed E-state index contributed by atoms with van der Waals surface area (Å²) in [7, 11) is 0. The van der Waals surface area contributed by atoms with Gasteiger partial charge in [0.25, 0.3) is 0 Å². The van der Waals surface area contributed by atoms with Crippen molar-refractivity contribution in [2.24, 2.45) is 5.11 Å². The first-order valence-corrected chi connectivity index (χ1v) is 9.62. The molecule has 0 aliphatic carbocycles. The number of carbonyl (C=O) groups is 2. The fourth-order valence-corrected chi connectivity index (χ4v) is 2.91. The molecule has 0 bridgehead atoms. The van der Waals surface area contributed by atoms with Crippen LogP contribution in [-0.4, -0.2) is 88.8 Å². The van der Waals surface area contributed by atoms with Crippen molar-refractivity contribution in [2.45, 2.75) is 77.1 Å². The lowest BCUT2D eigenvalue weighted by molar-refractivity contribution is 0.0228. The number of hydrogen-bond donors (Lipinski definition) is 1. The van der Waals surface area contributed by atoms with Crippen LogP contribution < -0.4 is 0 Å². The molecule has 164 valence electrons. The van der Waals surface area contributed by atoms with E-state index in [1.807, 2.05) is 20.8 Å². The molecule has 0 aromatic rings. The normalized spacial score (nSPS) is 28.0. The highest BCUT2D eigenvalue weighted by Crippen LogP contribution is 2.31. The Labute approximate surface area is 170 Å². The molecule has 0 saturated carbocycles. The van der Waals surface area contributed by atoms with Crippen LogP contribution in [0.4, 0.5) is 9.59 Å². The number of β-amino-alcohol motifs (C(OH)–C–C–N with tert-alkyl or cyclic N) is 1. The molecule has 11 nitrogen and oxygen atoms in total. The van der Waals surface area contributed by atoms with Gasteiger partial charge >= 0.3 is 12.2 Å². The third kappa shape index (κ3) is 7.26. The Bertz CT molecular complexity index is 657. The number of epoxide rings is 1. The molecular formula is C18H31N5O6. The highest BCUT2D eigenvalue weighted by molar-refractivity contribution is 5.69. The fourth-order valence-electron chi connectivity index (χ4n) is 2.91. The number of rotatable bonds is 1. The minimum atomic E-state index is -0.816. The number of hydrogen-bond acceptors (Lipinski definition) is 7. The molecule has 4 atom stereocenters. The lowest BCUT2D eigenvalue weighted by Crippen LogP contribution is -2.37. The molecule has 29 heavy (non-hydrogen) atoms. The van der Waals surface area contributed by atoms with Crippen LogP contribution in [0.1, 0.15) is 41.5 Å². The van der Waals surface area contributed by atoms with E-state index in [2.05, 4.69) is 10.0 Å². The quantitative estimate of drug-likeness (QED) is 0.303. The summed E-state index contributed by atoms with van der Waals surface area (Å²) in [6, 6.07) is -0.586. The van der Waals surface area contributed by atoms with Crippen LogP contribution in [0.2, 0.25) is 0 Å². The maximum Gasteiger partial charge on any atom is 0.410 e. The lowest BCUT2D eigenvalue weighted by atomic mass is 10.2. The van der Waals surface area contributed by atoms with Gasteiger partial charge in [0, 0.05) is 11.5 Å². The number of fused-ring (bicyclic) bond motifs is 1. The first-order chi connectivity index (χ1) is 13.3. The number of ether oxygens (including phenoxy) is 3. The second-order valence-electron chi connectivity index (χ2n) is 9.32. The van der Waals surface area contributed by atoms with Gasteiger partial charge in [0.1, 0.15) is 23.4 Å². The van der Waals surface area contributed by atoms with Crippen LogP contribution in [0.25, 0.3) is 10.4 Å². The molecule has 0 aromatic heterocycles. The first-order valence-electron chi connectivity index (χ1n) is 9.62. The average molecular weight is 413 g/mol. The average Bonchev–Trinajstić information content (AvgIpc) is 2.97. The summed E-state index contributed by atoms with van der Waals surface area (Å²) < 4.78 is 15.6. The standard InChI is InChI=1S/C9H16N4O3.C9H15NO3/c1-9(2,3)16-8(15)13-4-6(11-12-10)7(14)5-13;1-9(2,3)13-8(11)10-4-6-7(5-10)12-6/h6-7,14H,4-5H2,1-3H3;6-7H,4-5H2,1-3H3/t6-,7-;/m0./s1. The molecule has 3 fully saturated rings. The molecule has 0 radical (unpaired) electrons. The zero-order chi connectivity index (χ0) is 22.0. The molecule has 11 heteroatoms. The number of aliphatic hydroxyl groups is 1. The van der Waals surface area contributed by atoms with Crippen LogP contribution in [0.15, 0.2) is 5.11 Å². The highest BCUT2D eigenvalue weighted by Gasteiger charge is 2.49. The maximum absolute atomic E-state index is 11.6. The van der Waals surface area contributed by atoms with Crippen LogP contribution in [0.3, 0.4) is 0 Å². The summed E-state index contributed by atoms with van der Waals surface area (Å²) in [5, 5.41) is 12.9. The number of nitrogens with zero attached hydrogens (tertiary/aromatic N) is 5. The van der Waals surface area contributed by atoms with E-state index in [-0.39, 0.29) is 31.4 Å². The Balaban J connectivity index is 0.000000211. The number of carbonyl (C=O) groups excluding carboxylic acids is 2. The van der Waals surface area contributed by atoms with Crippen molar-refractivity contribution < 1.29 is 28.9 Å². The molecule has 2 unspecified atom stereocenters. The maximum atomic E-state index is 11.6. The molecular weight excluding hydrogens is 382 g/mol. The Hall–Kier alpha value is -2.23. The van der Waals surface area contributed by atoms with E-state index in [9.17, 15) is 14.7 Å². The molecule has 3 saturated heterocycles. The van der Waals surface area contributed by atoms with Gasteiger partial charge in [-0.25, -0.2) is 9.59 Å². The van der Waals surface area contributed by atoms with Crippen molar-refractivity contribution in [3.8, 4) is 0 Å². The topological polar surface area (TPSA) is 141 Å². The second-order valence-corrected chi connectivity index (χ2v) is 9.32. The van der Waals surface area contributed by atoms with Crippen LogP contribution in [-0.2, 0) is 14.2 Å². The van der Waals surface area contributed by atoms with Gasteiger partial charge in [-0.05, 0) is 47.1 Å².